The van der Waals surface area contributed by atoms with Gasteiger partial charge in [0, 0.05) is 12.0 Å². The molecule has 0 heterocycles. The van der Waals surface area contributed by atoms with E-state index in [4.69, 9.17) is 15.2 Å². The first-order valence-corrected chi connectivity index (χ1v) is 7.92. The summed E-state index contributed by atoms with van der Waals surface area (Å²) in [5.74, 6) is 1.99. The normalized spacial score (nSPS) is 21.2. The number of hydrogen-bond acceptors (Lipinski definition) is 4. The molecule has 130 valence electrons. The van der Waals surface area contributed by atoms with Crippen molar-refractivity contribution in [2.75, 3.05) is 20.2 Å². The van der Waals surface area contributed by atoms with Crippen LogP contribution in [0.15, 0.2) is 24.3 Å². The third-order valence-electron chi connectivity index (χ3n) is 4.24. The summed E-state index contributed by atoms with van der Waals surface area (Å²) in [4.78, 5) is 12.2. The number of carbonyl (C=O) groups excluding carboxylic acids is 1. The van der Waals surface area contributed by atoms with E-state index in [0.717, 1.165) is 30.8 Å². The number of methoxy groups -OCH3 is 1. The van der Waals surface area contributed by atoms with Gasteiger partial charge in [-0.05, 0) is 44.4 Å². The lowest BCUT2D eigenvalue weighted by Crippen LogP contribution is -2.39. The minimum Gasteiger partial charge on any atom is -0.497 e. The summed E-state index contributed by atoms with van der Waals surface area (Å²) in [7, 11) is 1.62. The van der Waals surface area contributed by atoms with E-state index in [1.54, 1.807) is 7.11 Å². The summed E-state index contributed by atoms with van der Waals surface area (Å²) in [5.41, 5.74) is 5.73. The zero-order chi connectivity index (χ0) is 15.9. The fraction of sp³-hybridized carbons (Fsp3) is 0.588. The molecule has 1 aromatic rings. The van der Waals surface area contributed by atoms with Crippen LogP contribution in [-0.4, -0.2) is 32.2 Å². The lowest BCUT2D eigenvalue weighted by molar-refractivity contribution is -0.126. The van der Waals surface area contributed by atoms with E-state index in [1.807, 2.05) is 31.2 Å². The van der Waals surface area contributed by atoms with Gasteiger partial charge in [-0.15, -0.1) is 12.4 Å². The van der Waals surface area contributed by atoms with Crippen LogP contribution in [0.25, 0.3) is 0 Å². The van der Waals surface area contributed by atoms with Crippen LogP contribution in [0.3, 0.4) is 0 Å². The van der Waals surface area contributed by atoms with E-state index in [0.29, 0.717) is 19.0 Å². The lowest BCUT2D eigenvalue weighted by Gasteiger charge is -2.20. The molecule has 1 aliphatic rings. The fourth-order valence-corrected chi connectivity index (χ4v) is 2.99. The second kappa shape index (κ2) is 9.63. The summed E-state index contributed by atoms with van der Waals surface area (Å²) in [6.07, 6.45) is 2.99. The number of nitrogens with one attached hydrogen (secondary N) is 1. The second-order valence-corrected chi connectivity index (χ2v) is 5.89. The Morgan fingerprint density at radius 1 is 1.39 bits per heavy atom. The molecule has 0 spiro atoms. The van der Waals surface area contributed by atoms with Gasteiger partial charge in [-0.25, -0.2) is 0 Å². The minimum atomic E-state index is -0.103. The van der Waals surface area contributed by atoms with Gasteiger partial charge in [0.25, 0.3) is 0 Å². The Bertz CT molecular complexity index is 498. The third kappa shape index (κ3) is 5.59. The highest BCUT2D eigenvalue weighted by atomic mass is 35.5. The summed E-state index contributed by atoms with van der Waals surface area (Å²) >= 11 is 0. The number of carbonyl (C=O) groups is 1. The van der Waals surface area contributed by atoms with Gasteiger partial charge in [-0.2, -0.15) is 0 Å². The molecule has 0 aliphatic heterocycles. The van der Waals surface area contributed by atoms with Crippen LogP contribution < -0.4 is 20.5 Å². The second-order valence-electron chi connectivity index (χ2n) is 5.89. The molecule has 0 bridgehead atoms. The molecule has 1 unspecified atom stereocenters. The van der Waals surface area contributed by atoms with Crippen LogP contribution in [0.4, 0.5) is 0 Å². The maximum Gasteiger partial charge on any atom is 0.223 e. The van der Waals surface area contributed by atoms with E-state index in [-0.39, 0.29) is 30.3 Å². The quantitative estimate of drug-likeness (QED) is 0.798. The van der Waals surface area contributed by atoms with Crippen LogP contribution in [0.2, 0.25) is 0 Å². The Balaban J connectivity index is 0.00000264. The van der Waals surface area contributed by atoms with Crippen molar-refractivity contribution in [1.29, 1.82) is 0 Å². The first-order valence-electron chi connectivity index (χ1n) is 7.92. The Labute approximate surface area is 144 Å². The van der Waals surface area contributed by atoms with Crippen molar-refractivity contribution >= 4 is 18.3 Å². The molecule has 6 heteroatoms. The van der Waals surface area contributed by atoms with Crippen molar-refractivity contribution < 1.29 is 14.3 Å². The van der Waals surface area contributed by atoms with Gasteiger partial charge in [-0.3, -0.25) is 4.79 Å². The van der Waals surface area contributed by atoms with Gasteiger partial charge in [-0.1, -0.05) is 12.5 Å². The van der Waals surface area contributed by atoms with Crippen molar-refractivity contribution in [3.8, 4) is 11.5 Å². The highest BCUT2D eigenvalue weighted by Gasteiger charge is 2.31. The molecular weight excluding hydrogens is 316 g/mol. The molecule has 2 rings (SSSR count). The molecule has 0 radical (unpaired) electrons. The molecule has 1 aromatic carbocycles. The topological polar surface area (TPSA) is 73.6 Å². The van der Waals surface area contributed by atoms with Crippen molar-refractivity contribution in [2.24, 2.45) is 17.6 Å². The smallest absolute Gasteiger partial charge is 0.223 e. The predicted molar refractivity (Wildman–Crippen MR) is 93.2 cm³/mol. The first kappa shape index (κ1) is 19.6. The summed E-state index contributed by atoms with van der Waals surface area (Å²) in [6, 6.07) is 7.46. The fourth-order valence-electron chi connectivity index (χ4n) is 2.99. The van der Waals surface area contributed by atoms with Gasteiger partial charge in [0.2, 0.25) is 5.91 Å². The lowest BCUT2D eigenvalue weighted by atomic mass is 9.95. The molecule has 1 aliphatic carbocycles. The number of nitrogens with two attached hydrogens (primary N) is 1. The van der Waals surface area contributed by atoms with Crippen LogP contribution in [-0.2, 0) is 4.79 Å². The Hall–Kier alpha value is -1.46. The molecule has 5 nitrogen and oxygen atoms in total. The number of ether oxygens (including phenoxy) is 2. The highest BCUT2D eigenvalue weighted by molar-refractivity contribution is 5.85. The van der Waals surface area contributed by atoms with E-state index < -0.39 is 0 Å². The largest absolute Gasteiger partial charge is 0.497 e. The van der Waals surface area contributed by atoms with Gasteiger partial charge in [0.05, 0.1) is 13.7 Å². The summed E-state index contributed by atoms with van der Waals surface area (Å²) < 4.78 is 11.0. The van der Waals surface area contributed by atoms with Crippen LogP contribution in [0.1, 0.15) is 26.2 Å². The SMILES string of the molecule is COc1cccc(OC(C)CNC(=O)[C@@H]2CCC[C@@H]2CN)c1.Cl. The number of hydrogen-bond donors (Lipinski definition) is 2. The number of halogens is 1. The third-order valence-corrected chi connectivity index (χ3v) is 4.24. The van der Waals surface area contributed by atoms with Gasteiger partial charge in [0.1, 0.15) is 17.6 Å². The van der Waals surface area contributed by atoms with Crippen molar-refractivity contribution in [3.05, 3.63) is 24.3 Å². The number of amides is 1. The van der Waals surface area contributed by atoms with Crippen molar-refractivity contribution in [2.45, 2.75) is 32.3 Å². The molecule has 23 heavy (non-hydrogen) atoms. The standard InChI is InChI=1S/C17H26N2O3.ClH/c1-12(22-15-7-4-6-14(9-15)21-2)11-19-17(20)16-8-3-5-13(16)10-18;/h4,6-7,9,12-13,16H,3,5,8,10-11,18H2,1-2H3,(H,19,20);1H/t12?,13-,16-;/m1./s1. The molecule has 1 fully saturated rings. The average Bonchev–Trinajstić information content (AvgIpc) is 3.01. The van der Waals surface area contributed by atoms with Crippen molar-refractivity contribution in [1.82, 2.24) is 5.32 Å². The number of rotatable bonds is 7. The Morgan fingerprint density at radius 3 is 2.83 bits per heavy atom. The van der Waals surface area contributed by atoms with E-state index >= 15 is 0 Å². The van der Waals surface area contributed by atoms with Crippen LogP contribution in [0.5, 0.6) is 11.5 Å². The number of benzene rings is 1. The molecule has 1 saturated carbocycles. The highest BCUT2D eigenvalue weighted by Crippen LogP contribution is 2.30. The monoisotopic (exact) mass is 342 g/mol. The first-order chi connectivity index (χ1) is 10.6. The van der Waals surface area contributed by atoms with E-state index in [1.165, 1.54) is 0 Å². The summed E-state index contributed by atoms with van der Waals surface area (Å²) in [5, 5.41) is 2.99. The van der Waals surface area contributed by atoms with Crippen molar-refractivity contribution in [3.63, 3.8) is 0 Å². The zero-order valence-electron chi connectivity index (χ0n) is 13.8. The maximum absolute atomic E-state index is 12.2. The van der Waals surface area contributed by atoms with E-state index in [2.05, 4.69) is 5.32 Å². The van der Waals surface area contributed by atoms with Gasteiger partial charge < -0.3 is 20.5 Å². The molecule has 3 N–H and O–H groups in total. The van der Waals surface area contributed by atoms with Crippen LogP contribution >= 0.6 is 12.4 Å². The molecule has 0 saturated heterocycles. The summed E-state index contributed by atoms with van der Waals surface area (Å²) in [6.45, 7) is 3.02. The molecule has 0 aromatic heterocycles. The van der Waals surface area contributed by atoms with E-state index in [9.17, 15) is 4.79 Å². The molecule has 3 atom stereocenters. The van der Waals surface area contributed by atoms with Gasteiger partial charge >= 0.3 is 0 Å². The molecule has 1 amide bonds. The Kier molecular flexibility index (Phi) is 8.20. The molecular formula is C17H27ClN2O3. The van der Waals surface area contributed by atoms with Crippen LogP contribution in [0, 0.1) is 11.8 Å². The minimum absolute atomic E-state index is 0. The average molecular weight is 343 g/mol. The zero-order valence-corrected chi connectivity index (χ0v) is 14.6. The Morgan fingerprint density at radius 2 is 2.13 bits per heavy atom. The predicted octanol–water partition coefficient (Wildman–Crippen LogP) is 2.38. The maximum atomic E-state index is 12.2. The van der Waals surface area contributed by atoms with Gasteiger partial charge in [0.15, 0.2) is 0 Å².